The van der Waals surface area contributed by atoms with Crippen molar-refractivity contribution in [2.75, 3.05) is 12.4 Å². The van der Waals surface area contributed by atoms with Gasteiger partial charge in [-0.3, -0.25) is 4.57 Å². The van der Waals surface area contributed by atoms with E-state index in [4.69, 9.17) is 4.74 Å². The predicted octanol–water partition coefficient (Wildman–Crippen LogP) is 3.15. The predicted molar refractivity (Wildman–Crippen MR) is 77.0 cm³/mol. The number of fused-ring (bicyclic) bond motifs is 3. The largest absolute Gasteiger partial charge is 0.495 e. The van der Waals surface area contributed by atoms with Crippen molar-refractivity contribution in [3.05, 3.63) is 28.0 Å². The Bertz CT molecular complexity index is 711. The van der Waals surface area contributed by atoms with Crippen LogP contribution in [0.25, 0.3) is 5.69 Å². The summed E-state index contributed by atoms with van der Waals surface area (Å²) < 4.78 is 21.9. The van der Waals surface area contributed by atoms with E-state index < -0.39 is 11.4 Å². The Morgan fingerprint density at radius 2 is 2.10 bits per heavy atom. The second kappa shape index (κ2) is 4.18. The third-order valence-corrected chi connectivity index (χ3v) is 4.16. The molecule has 2 heterocycles. The molecule has 0 saturated heterocycles. The second-order valence-corrected chi connectivity index (χ2v) is 6.05. The van der Waals surface area contributed by atoms with E-state index in [0.717, 1.165) is 0 Å². The molecule has 1 N–H and O–H groups in total. The number of anilines is 1. The van der Waals surface area contributed by atoms with Crippen molar-refractivity contribution in [1.29, 1.82) is 0 Å². The summed E-state index contributed by atoms with van der Waals surface area (Å²) in [5.74, 6) is 1.37. The van der Waals surface area contributed by atoms with Gasteiger partial charge in [-0.15, -0.1) is 10.2 Å². The van der Waals surface area contributed by atoms with Crippen molar-refractivity contribution in [3.63, 3.8) is 0 Å². The van der Waals surface area contributed by atoms with Crippen molar-refractivity contribution in [1.82, 2.24) is 14.8 Å². The fourth-order valence-electron chi connectivity index (χ4n) is 2.48. The van der Waals surface area contributed by atoms with Gasteiger partial charge in [-0.25, -0.2) is 4.39 Å². The Hall–Kier alpha value is -1.63. The minimum absolute atomic E-state index is 0.291. The molecule has 5 nitrogen and oxygen atoms in total. The van der Waals surface area contributed by atoms with Crippen LogP contribution < -0.4 is 10.1 Å². The van der Waals surface area contributed by atoms with Gasteiger partial charge in [0.05, 0.1) is 22.8 Å². The summed E-state index contributed by atoms with van der Waals surface area (Å²) in [5.41, 5.74) is 0.622. The highest BCUT2D eigenvalue weighted by Gasteiger charge is 2.36. The molecule has 0 atom stereocenters. The van der Waals surface area contributed by atoms with Gasteiger partial charge >= 0.3 is 0 Å². The third kappa shape index (κ3) is 1.65. The van der Waals surface area contributed by atoms with E-state index in [2.05, 4.69) is 31.4 Å². The lowest BCUT2D eigenvalue weighted by molar-refractivity contribution is 0.406. The van der Waals surface area contributed by atoms with Gasteiger partial charge in [0.2, 0.25) is 0 Å². The molecule has 1 aromatic carbocycles. The van der Waals surface area contributed by atoms with Crippen LogP contribution in [0.5, 0.6) is 5.75 Å². The molecule has 20 heavy (non-hydrogen) atoms. The van der Waals surface area contributed by atoms with Crippen LogP contribution in [0.3, 0.4) is 0 Å². The number of benzene rings is 1. The number of aryl methyl sites for hydroxylation is 1. The molecule has 1 aliphatic heterocycles. The number of ether oxygens (including phenoxy) is 1. The molecule has 0 amide bonds. The van der Waals surface area contributed by atoms with E-state index in [1.807, 2.05) is 13.8 Å². The first kappa shape index (κ1) is 13.4. The lowest BCUT2D eigenvalue weighted by Crippen LogP contribution is -2.36. The Kier molecular flexibility index (Phi) is 2.79. The second-order valence-electron chi connectivity index (χ2n) is 5.26. The van der Waals surface area contributed by atoms with Crippen molar-refractivity contribution >= 4 is 21.6 Å². The number of hydrogen-bond donors (Lipinski definition) is 1. The number of halogens is 2. The van der Waals surface area contributed by atoms with Crippen LogP contribution >= 0.6 is 15.9 Å². The van der Waals surface area contributed by atoms with Crippen molar-refractivity contribution in [2.45, 2.75) is 26.3 Å². The highest BCUT2D eigenvalue weighted by molar-refractivity contribution is 9.10. The summed E-state index contributed by atoms with van der Waals surface area (Å²) in [6.07, 6.45) is 0. The lowest BCUT2D eigenvalue weighted by atomic mass is 10.00. The van der Waals surface area contributed by atoms with Gasteiger partial charge < -0.3 is 10.1 Å². The molecular weight excluding hydrogens is 327 g/mol. The quantitative estimate of drug-likeness (QED) is 0.866. The molecule has 0 fully saturated rings. The lowest BCUT2D eigenvalue weighted by Gasteiger charge is -2.34. The summed E-state index contributed by atoms with van der Waals surface area (Å²) in [4.78, 5) is 0. The normalized spacial score (nSPS) is 15.3. The first-order chi connectivity index (χ1) is 9.36. The van der Waals surface area contributed by atoms with Gasteiger partial charge in [-0.05, 0) is 36.7 Å². The smallest absolute Gasteiger partial charge is 0.167 e. The third-order valence-electron chi connectivity index (χ3n) is 3.42. The van der Waals surface area contributed by atoms with Gasteiger partial charge in [-0.2, -0.15) is 0 Å². The van der Waals surface area contributed by atoms with Crippen LogP contribution in [0, 0.1) is 12.7 Å². The number of rotatable bonds is 1. The maximum Gasteiger partial charge on any atom is 0.167 e. The van der Waals surface area contributed by atoms with E-state index in [-0.39, 0.29) is 0 Å². The van der Waals surface area contributed by atoms with E-state index in [9.17, 15) is 4.39 Å². The summed E-state index contributed by atoms with van der Waals surface area (Å²) in [6, 6.07) is 1.77. The number of hydrogen-bond acceptors (Lipinski definition) is 4. The van der Waals surface area contributed by atoms with E-state index >= 15 is 0 Å². The van der Waals surface area contributed by atoms with E-state index in [0.29, 0.717) is 33.2 Å². The summed E-state index contributed by atoms with van der Waals surface area (Å²) in [7, 11) is 1.51. The topological polar surface area (TPSA) is 52.0 Å². The zero-order valence-corrected chi connectivity index (χ0v) is 13.2. The molecular formula is C13H14BrFN4O. The van der Waals surface area contributed by atoms with Crippen LogP contribution in [0.15, 0.2) is 10.5 Å². The van der Waals surface area contributed by atoms with Gasteiger partial charge in [0.1, 0.15) is 17.3 Å². The first-order valence-electron chi connectivity index (χ1n) is 6.14. The first-order valence-corrected chi connectivity index (χ1v) is 6.93. The maximum atomic E-state index is 14.7. The van der Waals surface area contributed by atoms with Crippen LogP contribution in [-0.2, 0) is 5.54 Å². The molecule has 0 spiro atoms. The zero-order chi connectivity index (χ0) is 14.7. The van der Waals surface area contributed by atoms with Crippen LogP contribution in [-0.4, -0.2) is 21.9 Å². The maximum absolute atomic E-state index is 14.7. The van der Waals surface area contributed by atoms with Crippen molar-refractivity contribution in [3.8, 4) is 11.4 Å². The number of nitrogens with one attached hydrogen (secondary N) is 1. The fraction of sp³-hybridized carbons (Fsp3) is 0.385. The van der Waals surface area contributed by atoms with Crippen molar-refractivity contribution < 1.29 is 9.13 Å². The van der Waals surface area contributed by atoms with E-state index in [1.54, 1.807) is 17.6 Å². The van der Waals surface area contributed by atoms with Crippen LogP contribution in [0.1, 0.15) is 25.5 Å². The minimum Gasteiger partial charge on any atom is -0.495 e. The summed E-state index contributed by atoms with van der Waals surface area (Å²) in [5, 5.41) is 11.5. The van der Waals surface area contributed by atoms with Gasteiger partial charge in [0.25, 0.3) is 0 Å². The SMILES string of the molecule is COc1cc2c(c(F)c1Br)-n1c(C)nnc1C(C)(C)N2. The van der Waals surface area contributed by atoms with E-state index in [1.165, 1.54) is 7.11 Å². The molecule has 0 radical (unpaired) electrons. The number of aromatic nitrogens is 3. The monoisotopic (exact) mass is 340 g/mol. The molecule has 2 aromatic rings. The highest BCUT2D eigenvalue weighted by atomic mass is 79.9. The Labute approximate surface area is 124 Å². The molecule has 1 aliphatic rings. The molecule has 0 aliphatic carbocycles. The van der Waals surface area contributed by atoms with Crippen LogP contribution in [0.4, 0.5) is 10.1 Å². The Balaban J connectivity index is 2.38. The average molecular weight is 341 g/mol. The number of methoxy groups -OCH3 is 1. The zero-order valence-electron chi connectivity index (χ0n) is 11.6. The molecule has 0 bridgehead atoms. The average Bonchev–Trinajstić information content (AvgIpc) is 2.76. The molecule has 3 rings (SSSR count). The highest BCUT2D eigenvalue weighted by Crippen LogP contribution is 2.43. The minimum atomic E-state index is -0.445. The molecule has 7 heteroatoms. The van der Waals surface area contributed by atoms with Crippen molar-refractivity contribution in [2.24, 2.45) is 0 Å². The molecule has 1 aromatic heterocycles. The summed E-state index contributed by atoms with van der Waals surface area (Å²) in [6.45, 7) is 5.75. The number of nitrogens with zero attached hydrogens (tertiary/aromatic N) is 3. The fourth-order valence-corrected chi connectivity index (χ4v) is 2.95. The molecule has 0 saturated carbocycles. The van der Waals surface area contributed by atoms with Gasteiger partial charge in [0, 0.05) is 6.07 Å². The van der Waals surface area contributed by atoms with Gasteiger partial charge in [0.15, 0.2) is 11.6 Å². The van der Waals surface area contributed by atoms with Gasteiger partial charge in [-0.1, -0.05) is 0 Å². The standard InChI is InChI=1S/C13H14BrFN4O/c1-6-17-18-12-13(2,3)16-7-5-8(20-4)9(14)10(15)11(7)19(6)12/h5,16H,1-4H3. The molecule has 106 valence electrons. The molecule has 0 unspecified atom stereocenters. The van der Waals surface area contributed by atoms with Crippen LogP contribution in [0.2, 0.25) is 0 Å². The Morgan fingerprint density at radius 3 is 2.75 bits per heavy atom. The Morgan fingerprint density at radius 1 is 1.40 bits per heavy atom. The summed E-state index contributed by atoms with van der Waals surface area (Å²) >= 11 is 3.23.